The largest absolute Gasteiger partial charge is 0.307 e. The fourth-order valence-corrected chi connectivity index (χ4v) is 4.44. The van der Waals surface area contributed by atoms with Crippen LogP contribution in [0.3, 0.4) is 0 Å². The van der Waals surface area contributed by atoms with Crippen LogP contribution in [0, 0.1) is 22.7 Å². The van der Waals surface area contributed by atoms with Crippen LogP contribution in [0.4, 0.5) is 0 Å². The molecule has 0 radical (unpaired) electrons. The molecule has 0 amide bonds. The summed E-state index contributed by atoms with van der Waals surface area (Å²) >= 11 is 0. The Morgan fingerprint density at radius 2 is 0.750 bits per heavy atom. The van der Waals surface area contributed by atoms with E-state index < -0.39 is 96.7 Å². The van der Waals surface area contributed by atoms with Crippen LogP contribution in [0.2, 0.25) is 0 Å². The summed E-state index contributed by atoms with van der Waals surface area (Å²) in [4.78, 5) is 0. The molecule has 2 heterocycles. The van der Waals surface area contributed by atoms with Gasteiger partial charge in [0.05, 0.1) is 66.5 Å². The highest BCUT2D eigenvalue weighted by Crippen LogP contribution is 2.38. The molecule has 4 nitrogen and oxygen atoms in total. The number of hydrogen-bond acceptors (Lipinski definition) is 2. The van der Waals surface area contributed by atoms with Gasteiger partial charge in [-0.1, -0.05) is 72.5 Å². The zero-order chi connectivity index (χ0) is 38.1. The highest BCUT2D eigenvalue weighted by molar-refractivity contribution is 6.11. The molecular weight excluding hydrogens is 440 g/mol. The number of benzene rings is 5. The van der Waals surface area contributed by atoms with E-state index in [1.807, 2.05) is 12.1 Å². The van der Waals surface area contributed by atoms with Crippen LogP contribution in [-0.4, -0.2) is 9.13 Å². The number of para-hydroxylation sites is 4. The first-order chi connectivity index (χ1) is 24.4. The van der Waals surface area contributed by atoms with Crippen molar-refractivity contribution in [1.29, 1.82) is 10.5 Å². The van der Waals surface area contributed by atoms with Crippen molar-refractivity contribution < 1.29 is 21.9 Å². The molecule has 2 aromatic heterocycles. The summed E-state index contributed by atoms with van der Waals surface area (Å²) in [5, 5.41) is 19.1. The predicted octanol–water partition coefficient (Wildman–Crippen LogP) is 7.62. The van der Waals surface area contributed by atoms with Crippen LogP contribution < -0.4 is 0 Å². The highest BCUT2D eigenvalue weighted by atomic mass is 15.1. The zero-order valence-corrected chi connectivity index (χ0v) is 17.9. The van der Waals surface area contributed by atoms with E-state index in [1.165, 1.54) is 0 Å². The van der Waals surface area contributed by atoms with E-state index in [4.69, 9.17) is 21.9 Å². The lowest BCUT2D eigenvalue weighted by Crippen LogP contribution is -2.05. The second-order valence-electron chi connectivity index (χ2n) is 7.68. The van der Waals surface area contributed by atoms with Crippen LogP contribution in [0.15, 0.2) is 109 Å². The van der Waals surface area contributed by atoms with Crippen molar-refractivity contribution >= 4 is 43.6 Å². The van der Waals surface area contributed by atoms with Crippen molar-refractivity contribution in [3.8, 4) is 23.5 Å². The summed E-state index contributed by atoms with van der Waals surface area (Å²) in [6.07, 6.45) is 0. The van der Waals surface area contributed by atoms with Gasteiger partial charge in [0.25, 0.3) is 0 Å². The fraction of sp³-hybridized carbons (Fsp3) is 0. The summed E-state index contributed by atoms with van der Waals surface area (Å²) in [6.45, 7) is 0. The molecular formula is C32H18N4. The zero-order valence-electron chi connectivity index (χ0n) is 33.9. The van der Waals surface area contributed by atoms with E-state index in [9.17, 15) is 10.5 Å². The van der Waals surface area contributed by atoms with Gasteiger partial charge in [-0.3, -0.25) is 0 Å². The molecule has 36 heavy (non-hydrogen) atoms. The molecule has 7 rings (SSSR count). The van der Waals surface area contributed by atoms with E-state index in [0.29, 0.717) is 0 Å². The smallest absolute Gasteiger partial charge is 0.101 e. The number of nitriles is 2. The lowest BCUT2D eigenvalue weighted by molar-refractivity contribution is 1.09. The van der Waals surface area contributed by atoms with E-state index in [1.54, 1.807) is 0 Å². The maximum atomic E-state index is 10.2. The topological polar surface area (TPSA) is 57.4 Å². The standard InChI is InChI=1S/C32H18N4/c33-19-21-17-31(35-27-13-5-1-9-23(27)24-10-2-6-14-28(24)35)32(18-22(21)20-34)36-29-15-7-3-11-25(29)26-12-4-8-16-30(26)36/h1-18H/i1D,2D,3D,4D,5D,6D,7D,8D,9D,10D,11D,12D,13D,14D,15D,16D. The molecule has 0 spiro atoms. The van der Waals surface area contributed by atoms with Gasteiger partial charge < -0.3 is 9.13 Å². The summed E-state index contributed by atoms with van der Waals surface area (Å²) < 4.78 is 141. The fourth-order valence-electron chi connectivity index (χ4n) is 4.44. The van der Waals surface area contributed by atoms with Crippen LogP contribution in [0.5, 0.6) is 0 Å². The van der Waals surface area contributed by atoms with E-state index in [-0.39, 0.29) is 66.1 Å². The van der Waals surface area contributed by atoms with Gasteiger partial charge in [-0.15, -0.1) is 0 Å². The Morgan fingerprint density at radius 1 is 0.472 bits per heavy atom. The van der Waals surface area contributed by atoms with Crippen LogP contribution in [0.25, 0.3) is 55.0 Å². The maximum Gasteiger partial charge on any atom is 0.101 e. The quantitative estimate of drug-likeness (QED) is 0.259. The minimum atomic E-state index is -0.743. The Hall–Kier alpha value is -5.32. The summed E-state index contributed by atoms with van der Waals surface area (Å²) in [5.74, 6) is 0. The first-order valence-corrected chi connectivity index (χ1v) is 10.4. The average Bonchev–Trinajstić information content (AvgIpc) is 3.68. The Balaban J connectivity index is 1.89. The van der Waals surface area contributed by atoms with Crippen molar-refractivity contribution in [3.05, 3.63) is 120 Å². The maximum absolute atomic E-state index is 10.2. The molecule has 0 bridgehead atoms. The van der Waals surface area contributed by atoms with Crippen molar-refractivity contribution in [2.75, 3.05) is 0 Å². The van der Waals surface area contributed by atoms with E-state index in [2.05, 4.69) is 0 Å². The molecule has 166 valence electrons. The summed E-state index contributed by atoms with van der Waals surface area (Å²) in [5.41, 5.74) is -2.65. The molecule has 0 fully saturated rings. The van der Waals surface area contributed by atoms with Crippen molar-refractivity contribution in [2.45, 2.75) is 0 Å². The van der Waals surface area contributed by atoms with Gasteiger partial charge in [-0.2, -0.15) is 10.5 Å². The molecule has 5 aromatic carbocycles. The lowest BCUT2D eigenvalue weighted by atomic mass is 10.1. The minimum absolute atomic E-state index is 0.288. The number of hydrogen-bond donors (Lipinski definition) is 0. The second-order valence-corrected chi connectivity index (χ2v) is 7.68. The third-order valence-electron chi connectivity index (χ3n) is 5.90. The van der Waals surface area contributed by atoms with Gasteiger partial charge in [0.1, 0.15) is 12.1 Å². The second kappa shape index (κ2) is 7.60. The van der Waals surface area contributed by atoms with Gasteiger partial charge in [-0.05, 0) is 36.3 Å². The Kier molecular flexibility index (Phi) is 2.06. The molecule has 0 atom stereocenters. The van der Waals surface area contributed by atoms with E-state index in [0.717, 1.165) is 21.3 Å². The lowest BCUT2D eigenvalue weighted by Gasteiger charge is -2.18. The van der Waals surface area contributed by atoms with Crippen molar-refractivity contribution in [2.24, 2.45) is 0 Å². The molecule has 4 heteroatoms. The molecule has 0 aliphatic heterocycles. The first-order valence-electron chi connectivity index (χ1n) is 18.4. The molecule has 0 N–H and O–H groups in total. The Labute approximate surface area is 229 Å². The molecule has 7 aromatic rings. The van der Waals surface area contributed by atoms with Crippen molar-refractivity contribution in [1.82, 2.24) is 9.13 Å². The van der Waals surface area contributed by atoms with Crippen LogP contribution in [0.1, 0.15) is 33.1 Å². The monoisotopic (exact) mass is 474 g/mol. The Morgan fingerprint density at radius 3 is 1.03 bits per heavy atom. The number of nitrogens with zero attached hydrogens (tertiary/aromatic N) is 4. The normalized spacial score (nSPS) is 17.5. The molecule has 0 unspecified atom stereocenters. The van der Waals surface area contributed by atoms with Gasteiger partial charge in [0.15, 0.2) is 0 Å². The number of aromatic nitrogens is 2. The third-order valence-corrected chi connectivity index (χ3v) is 5.90. The van der Waals surface area contributed by atoms with Crippen LogP contribution >= 0.6 is 0 Å². The average molecular weight is 475 g/mol. The molecule has 0 saturated carbocycles. The SMILES string of the molecule is [2H]c1c([2H])c([2H])c2c(c1[2H])c1c([2H])c([2H])c([2H])c([2H])c1n2-c1cc(C#N)c(C#N)cc1-n1c2c([2H])c([2H])c([2H])c([2H])c2c2c([2H])c([2H])c([2H])c([2H])c21. The van der Waals surface area contributed by atoms with Gasteiger partial charge in [-0.25, -0.2) is 0 Å². The molecule has 0 aliphatic carbocycles. The first kappa shape index (κ1) is 9.74. The van der Waals surface area contributed by atoms with Gasteiger partial charge in [0.2, 0.25) is 0 Å². The highest BCUT2D eigenvalue weighted by Gasteiger charge is 2.21. The third kappa shape index (κ3) is 2.67. The van der Waals surface area contributed by atoms with Gasteiger partial charge >= 0.3 is 0 Å². The number of rotatable bonds is 2. The summed E-state index contributed by atoms with van der Waals surface area (Å²) in [7, 11) is 0. The minimum Gasteiger partial charge on any atom is -0.307 e. The number of fused-ring (bicyclic) bond motifs is 6. The Bertz CT molecular complexity index is 2590. The van der Waals surface area contributed by atoms with Crippen LogP contribution in [-0.2, 0) is 0 Å². The summed E-state index contributed by atoms with van der Waals surface area (Å²) in [6, 6.07) is -5.25. The van der Waals surface area contributed by atoms with Gasteiger partial charge in [0, 0.05) is 21.5 Å². The van der Waals surface area contributed by atoms with Crippen molar-refractivity contribution in [3.63, 3.8) is 0 Å². The van der Waals surface area contributed by atoms with E-state index >= 15 is 0 Å². The molecule has 0 aliphatic rings. The predicted molar refractivity (Wildman–Crippen MR) is 145 cm³/mol. The molecule has 0 saturated heterocycles.